The molecule has 0 aromatic heterocycles. The number of benzene rings is 2. The molecule has 1 unspecified atom stereocenters. The smallest absolute Gasteiger partial charge is 0.349 e. The zero-order chi connectivity index (χ0) is 28.1. The highest BCUT2D eigenvalue weighted by atomic mass is 35.5. The molecule has 198 valence electrons. The summed E-state index contributed by atoms with van der Waals surface area (Å²) in [6.07, 6.45) is -8.56. The molecule has 12 heteroatoms. The number of hydrogen-bond acceptors (Lipinski definition) is 2. The van der Waals surface area contributed by atoms with E-state index in [-0.39, 0.29) is 32.6 Å². The zero-order valence-corrected chi connectivity index (χ0v) is 21.4. The molecule has 0 aliphatic rings. The number of allylic oxidation sites excluding steroid dienone is 1. The Kier molecular flexibility index (Phi) is 10.1. The van der Waals surface area contributed by atoms with Crippen molar-refractivity contribution in [2.24, 2.45) is 0 Å². The lowest BCUT2D eigenvalue weighted by Crippen LogP contribution is -2.35. The quantitative estimate of drug-likeness (QED) is 0.155. The number of carbonyl (C=O) groups excluding carboxylic acids is 2. The summed E-state index contributed by atoms with van der Waals surface area (Å²) < 4.78 is 82.4. The molecular weight excluding hydrogens is 567 g/mol. The molecule has 2 rings (SSSR count). The van der Waals surface area contributed by atoms with Crippen LogP contribution < -0.4 is 5.32 Å². The van der Waals surface area contributed by atoms with E-state index in [1.54, 1.807) is 0 Å². The maximum absolute atomic E-state index is 13.7. The third-order valence-electron chi connectivity index (χ3n) is 4.93. The number of rotatable bonds is 7. The predicted octanol–water partition coefficient (Wildman–Crippen LogP) is 8.13. The maximum atomic E-state index is 13.7. The highest BCUT2D eigenvalue weighted by Crippen LogP contribution is 2.41. The Labute approximate surface area is 223 Å². The maximum Gasteiger partial charge on any atom is 0.417 e. The summed E-state index contributed by atoms with van der Waals surface area (Å²) in [5.41, 5.74) is -2.73. The molecule has 37 heavy (non-hydrogen) atoms. The van der Waals surface area contributed by atoms with Gasteiger partial charge in [0, 0.05) is 12.5 Å². The molecule has 0 fully saturated rings. The minimum Gasteiger partial charge on any atom is -0.349 e. The van der Waals surface area contributed by atoms with Crippen molar-refractivity contribution in [3.05, 3.63) is 73.7 Å². The number of carbonyl (C=O) groups is 2. The van der Waals surface area contributed by atoms with Crippen LogP contribution in [-0.2, 0) is 11.0 Å². The fraction of sp³-hybridized carbons (Fsp3) is 0.280. The number of halogens is 9. The third kappa shape index (κ3) is 8.42. The van der Waals surface area contributed by atoms with E-state index in [0.717, 1.165) is 30.3 Å². The Morgan fingerprint density at radius 2 is 1.62 bits per heavy atom. The number of amides is 1. The molecule has 1 amide bonds. The Morgan fingerprint density at radius 3 is 2.14 bits per heavy atom. The number of ketones is 1. The van der Waals surface area contributed by atoms with Crippen LogP contribution in [0.1, 0.15) is 53.2 Å². The summed E-state index contributed by atoms with van der Waals surface area (Å²) in [6.45, 7) is 2.85. The second-order valence-electron chi connectivity index (χ2n) is 7.86. The van der Waals surface area contributed by atoms with Gasteiger partial charge in [-0.2, -0.15) is 26.3 Å². The van der Waals surface area contributed by atoms with Crippen molar-refractivity contribution in [3.8, 4) is 11.8 Å². The van der Waals surface area contributed by atoms with Crippen molar-refractivity contribution in [1.29, 1.82) is 0 Å². The largest absolute Gasteiger partial charge is 0.417 e. The van der Waals surface area contributed by atoms with Crippen LogP contribution in [0.3, 0.4) is 0 Å². The predicted molar refractivity (Wildman–Crippen MR) is 131 cm³/mol. The van der Waals surface area contributed by atoms with Gasteiger partial charge in [0.25, 0.3) is 5.91 Å². The zero-order valence-electron chi connectivity index (χ0n) is 19.1. The van der Waals surface area contributed by atoms with Crippen LogP contribution >= 0.6 is 34.8 Å². The van der Waals surface area contributed by atoms with E-state index in [1.165, 1.54) is 13.8 Å². The lowest BCUT2D eigenvalue weighted by atomic mass is 9.96. The lowest BCUT2D eigenvalue weighted by Gasteiger charge is -2.19. The minimum absolute atomic E-state index is 0.141. The first kappa shape index (κ1) is 30.6. The van der Waals surface area contributed by atoms with Crippen LogP contribution in [-0.4, -0.2) is 23.9 Å². The molecule has 2 aromatic rings. The third-order valence-corrected chi connectivity index (χ3v) is 6.12. The van der Waals surface area contributed by atoms with E-state index in [0.29, 0.717) is 12.1 Å². The Hall–Kier alpha value is -2.67. The molecule has 0 spiro atoms. The number of hydrogen-bond donors (Lipinski definition) is 1. The topological polar surface area (TPSA) is 46.2 Å². The molecule has 0 radical (unpaired) electrons. The average Bonchev–Trinajstić information content (AvgIpc) is 2.75. The van der Waals surface area contributed by atoms with Gasteiger partial charge in [-0.15, -0.1) is 0 Å². The Morgan fingerprint density at radius 1 is 1.03 bits per heavy atom. The van der Waals surface area contributed by atoms with Crippen molar-refractivity contribution >= 4 is 52.6 Å². The molecule has 1 N–H and O–H groups in total. The van der Waals surface area contributed by atoms with Crippen LogP contribution in [0.25, 0.3) is 6.08 Å². The highest BCUT2D eigenvalue weighted by Gasteiger charge is 2.40. The molecule has 0 bridgehead atoms. The highest BCUT2D eigenvalue weighted by molar-refractivity contribution is 6.48. The number of nitrogens with one attached hydrogen (secondary N) is 1. The van der Waals surface area contributed by atoms with Crippen molar-refractivity contribution in [3.63, 3.8) is 0 Å². The number of alkyl halides is 6. The Bertz CT molecular complexity index is 1250. The van der Waals surface area contributed by atoms with Crippen LogP contribution in [0.5, 0.6) is 0 Å². The van der Waals surface area contributed by atoms with E-state index < -0.39 is 47.1 Å². The number of Topliss-reactive ketones (excluding diaryl/α,β-unsaturated/α-hetero) is 1. The summed E-state index contributed by atoms with van der Waals surface area (Å²) >= 11 is 17.5. The standard InChI is InChI=1S/C25H18Cl3F6NO2/c1-3-4-16(36)9-13(2)35-23(37)17-7-5-14(10-19(17)25(32,33)34)6-8-18(24(29,30)31)15-11-20(26)22(28)21(27)12-15/h5-8,10-13,18H,9H2,1-2H3,(H,35,37)/b8-6+/t13-,18?/m1/s1. The molecule has 0 aliphatic heterocycles. The average molecular weight is 585 g/mol. The van der Waals surface area contributed by atoms with E-state index >= 15 is 0 Å². The van der Waals surface area contributed by atoms with Gasteiger partial charge in [-0.25, -0.2) is 0 Å². The molecule has 3 nitrogen and oxygen atoms in total. The van der Waals surface area contributed by atoms with Crippen LogP contribution in [0.2, 0.25) is 15.1 Å². The molecule has 2 atom stereocenters. The van der Waals surface area contributed by atoms with Gasteiger partial charge in [0.2, 0.25) is 5.78 Å². The monoisotopic (exact) mass is 583 g/mol. The van der Waals surface area contributed by atoms with Crippen molar-refractivity contribution in [2.45, 2.75) is 44.6 Å². The van der Waals surface area contributed by atoms with Gasteiger partial charge >= 0.3 is 12.4 Å². The summed E-state index contributed by atoms with van der Waals surface area (Å²) in [5, 5.41) is 1.71. The van der Waals surface area contributed by atoms with Gasteiger partial charge in [-0.05, 0) is 55.2 Å². The van der Waals surface area contributed by atoms with Crippen LogP contribution in [0.15, 0.2) is 36.4 Å². The first-order valence-electron chi connectivity index (χ1n) is 10.4. The summed E-state index contributed by atoms with van der Waals surface area (Å²) in [4.78, 5) is 24.1. The van der Waals surface area contributed by atoms with E-state index in [4.69, 9.17) is 34.8 Å². The Balaban J connectivity index is 2.41. The van der Waals surface area contributed by atoms with Crippen molar-refractivity contribution < 1.29 is 35.9 Å². The second kappa shape index (κ2) is 12.2. The molecular formula is C25H18Cl3F6NO2. The normalized spacial score (nSPS) is 13.6. The van der Waals surface area contributed by atoms with Gasteiger partial charge in [0.1, 0.15) is 0 Å². The van der Waals surface area contributed by atoms with Gasteiger partial charge in [-0.3, -0.25) is 9.59 Å². The second-order valence-corrected chi connectivity index (χ2v) is 9.05. The van der Waals surface area contributed by atoms with E-state index in [1.807, 2.05) is 0 Å². The first-order valence-corrected chi connectivity index (χ1v) is 11.5. The van der Waals surface area contributed by atoms with Crippen molar-refractivity contribution in [2.75, 3.05) is 0 Å². The van der Waals surface area contributed by atoms with Gasteiger partial charge in [0.05, 0.1) is 32.1 Å². The SMILES string of the molecule is CC#CC(=O)C[C@@H](C)NC(=O)c1ccc(/C=C/C(c2cc(Cl)c(Cl)c(Cl)c2)C(F)(F)F)cc1C(F)(F)F. The molecule has 0 aliphatic carbocycles. The molecule has 0 heterocycles. The van der Waals surface area contributed by atoms with Gasteiger partial charge in [-0.1, -0.05) is 58.9 Å². The van der Waals surface area contributed by atoms with Gasteiger partial charge in [0.15, 0.2) is 0 Å². The van der Waals surface area contributed by atoms with Crippen molar-refractivity contribution in [1.82, 2.24) is 5.32 Å². The molecule has 2 aromatic carbocycles. The van der Waals surface area contributed by atoms with Crippen LogP contribution in [0.4, 0.5) is 26.3 Å². The van der Waals surface area contributed by atoms with Gasteiger partial charge < -0.3 is 5.32 Å². The molecule has 0 saturated carbocycles. The fourth-order valence-corrected chi connectivity index (χ4v) is 3.90. The lowest BCUT2D eigenvalue weighted by molar-refractivity contribution is -0.139. The summed E-state index contributed by atoms with van der Waals surface area (Å²) in [5.74, 6) is 0.768. The molecule has 0 saturated heterocycles. The minimum atomic E-state index is -5.00. The van der Waals surface area contributed by atoms with E-state index in [2.05, 4.69) is 17.2 Å². The fourth-order valence-electron chi connectivity index (χ4n) is 3.29. The van der Waals surface area contributed by atoms with E-state index in [9.17, 15) is 35.9 Å². The first-order chi connectivity index (χ1) is 17.0. The van der Waals surface area contributed by atoms with Crippen LogP contribution in [0, 0.1) is 11.8 Å². The summed E-state index contributed by atoms with van der Waals surface area (Å²) in [6, 6.07) is 3.58. The summed E-state index contributed by atoms with van der Waals surface area (Å²) in [7, 11) is 0.